The summed E-state index contributed by atoms with van der Waals surface area (Å²) < 4.78 is 5.86. The third-order valence-corrected chi connectivity index (χ3v) is 3.10. The van der Waals surface area contributed by atoms with Gasteiger partial charge in [-0.1, -0.05) is 56.5 Å². The predicted octanol–water partition coefficient (Wildman–Crippen LogP) is 3.49. The number of aliphatic hydroxyl groups excluding tert-OH is 1. The normalized spacial score (nSPS) is 14.5. The molecule has 1 aromatic rings. The molecule has 1 unspecified atom stereocenters. The Kier molecular flexibility index (Phi) is 6.23. The number of aliphatic hydroxyl groups is 1. The molecule has 0 spiro atoms. The molecule has 2 heteroatoms. The summed E-state index contributed by atoms with van der Waals surface area (Å²) in [5, 5.41) is 9.52. The van der Waals surface area contributed by atoms with Gasteiger partial charge < -0.3 is 9.84 Å². The van der Waals surface area contributed by atoms with E-state index in [-0.39, 0.29) is 6.61 Å². The zero-order valence-corrected chi connectivity index (χ0v) is 11.0. The minimum absolute atomic E-state index is 0.0186. The van der Waals surface area contributed by atoms with Crippen LogP contribution < -0.4 is 0 Å². The molecule has 0 aliphatic heterocycles. The SMILES string of the molecule is CCCCCCOC(C)(CO)c1ccccc1. The molecule has 1 rings (SSSR count). The second-order valence-corrected chi connectivity index (χ2v) is 4.66. The lowest BCUT2D eigenvalue weighted by atomic mass is 9.97. The van der Waals surface area contributed by atoms with Gasteiger partial charge in [-0.25, -0.2) is 0 Å². The molecule has 0 saturated carbocycles. The van der Waals surface area contributed by atoms with Gasteiger partial charge >= 0.3 is 0 Å². The highest BCUT2D eigenvalue weighted by Gasteiger charge is 2.25. The fraction of sp³-hybridized carbons (Fsp3) is 0.600. The zero-order valence-electron chi connectivity index (χ0n) is 11.0. The van der Waals surface area contributed by atoms with E-state index >= 15 is 0 Å². The molecule has 0 bridgehead atoms. The molecule has 0 heterocycles. The number of hydrogen-bond donors (Lipinski definition) is 1. The minimum atomic E-state index is -0.562. The highest BCUT2D eigenvalue weighted by Crippen LogP contribution is 2.24. The van der Waals surface area contributed by atoms with Crippen molar-refractivity contribution in [3.63, 3.8) is 0 Å². The van der Waals surface area contributed by atoms with Crippen LogP contribution in [-0.2, 0) is 10.3 Å². The van der Waals surface area contributed by atoms with Gasteiger partial charge in [0.25, 0.3) is 0 Å². The molecular weight excluding hydrogens is 212 g/mol. The van der Waals surface area contributed by atoms with Gasteiger partial charge in [0.15, 0.2) is 0 Å². The van der Waals surface area contributed by atoms with E-state index in [0.717, 1.165) is 12.0 Å². The highest BCUT2D eigenvalue weighted by atomic mass is 16.5. The molecule has 0 fully saturated rings. The van der Waals surface area contributed by atoms with Crippen LogP contribution in [0.3, 0.4) is 0 Å². The third kappa shape index (κ3) is 4.49. The van der Waals surface area contributed by atoms with Crippen molar-refractivity contribution in [3.8, 4) is 0 Å². The average molecular weight is 236 g/mol. The molecule has 0 aliphatic carbocycles. The second kappa shape index (κ2) is 7.46. The van der Waals surface area contributed by atoms with Crippen LogP contribution in [0.25, 0.3) is 0 Å². The molecule has 1 N–H and O–H groups in total. The van der Waals surface area contributed by atoms with E-state index in [1.165, 1.54) is 19.3 Å². The summed E-state index contributed by atoms with van der Waals surface area (Å²) in [6.45, 7) is 4.88. The van der Waals surface area contributed by atoms with Crippen molar-refractivity contribution >= 4 is 0 Å². The fourth-order valence-electron chi connectivity index (χ4n) is 1.84. The average Bonchev–Trinajstić information content (AvgIpc) is 2.39. The van der Waals surface area contributed by atoms with Gasteiger partial charge in [-0.3, -0.25) is 0 Å². The summed E-state index contributed by atoms with van der Waals surface area (Å²) in [6.07, 6.45) is 4.75. The van der Waals surface area contributed by atoms with Crippen molar-refractivity contribution in [2.75, 3.05) is 13.2 Å². The van der Waals surface area contributed by atoms with Crippen LogP contribution in [0.2, 0.25) is 0 Å². The van der Waals surface area contributed by atoms with Gasteiger partial charge in [0, 0.05) is 6.61 Å². The molecule has 96 valence electrons. The number of ether oxygens (including phenoxy) is 1. The maximum Gasteiger partial charge on any atom is 0.113 e. The Bertz CT molecular complexity index is 297. The minimum Gasteiger partial charge on any atom is -0.393 e. The number of benzene rings is 1. The van der Waals surface area contributed by atoms with E-state index in [9.17, 15) is 5.11 Å². The largest absolute Gasteiger partial charge is 0.393 e. The first-order valence-corrected chi connectivity index (χ1v) is 6.53. The second-order valence-electron chi connectivity index (χ2n) is 4.66. The summed E-state index contributed by atoms with van der Waals surface area (Å²) in [7, 11) is 0. The van der Waals surface area contributed by atoms with Crippen LogP contribution in [0.15, 0.2) is 30.3 Å². The Hall–Kier alpha value is -0.860. The van der Waals surface area contributed by atoms with E-state index in [0.29, 0.717) is 6.61 Å². The Morgan fingerprint density at radius 2 is 1.82 bits per heavy atom. The molecule has 0 radical (unpaired) electrons. The van der Waals surface area contributed by atoms with Crippen LogP contribution in [0.1, 0.15) is 45.1 Å². The molecule has 17 heavy (non-hydrogen) atoms. The number of unbranched alkanes of at least 4 members (excludes halogenated alkanes) is 3. The van der Waals surface area contributed by atoms with Gasteiger partial charge in [-0.15, -0.1) is 0 Å². The molecule has 1 atom stereocenters. The summed E-state index contributed by atoms with van der Waals surface area (Å²) in [6, 6.07) is 9.93. The van der Waals surface area contributed by atoms with Gasteiger partial charge in [0.05, 0.1) is 6.61 Å². The van der Waals surface area contributed by atoms with Gasteiger partial charge in [0.1, 0.15) is 5.60 Å². The summed E-state index contributed by atoms with van der Waals surface area (Å²) in [5.74, 6) is 0. The van der Waals surface area contributed by atoms with Crippen molar-refractivity contribution in [2.24, 2.45) is 0 Å². The maximum absolute atomic E-state index is 9.52. The molecule has 0 aromatic heterocycles. The van der Waals surface area contributed by atoms with Gasteiger partial charge in [-0.2, -0.15) is 0 Å². The Morgan fingerprint density at radius 3 is 2.41 bits per heavy atom. The molecule has 0 saturated heterocycles. The van der Waals surface area contributed by atoms with Crippen molar-refractivity contribution in [1.29, 1.82) is 0 Å². The van der Waals surface area contributed by atoms with Crippen LogP contribution >= 0.6 is 0 Å². The molecular formula is C15H24O2. The van der Waals surface area contributed by atoms with Crippen molar-refractivity contribution in [2.45, 2.75) is 45.1 Å². The number of hydrogen-bond acceptors (Lipinski definition) is 2. The Morgan fingerprint density at radius 1 is 1.12 bits per heavy atom. The Balaban J connectivity index is 2.46. The summed E-state index contributed by atoms with van der Waals surface area (Å²) >= 11 is 0. The van der Waals surface area contributed by atoms with Crippen LogP contribution in [0, 0.1) is 0 Å². The monoisotopic (exact) mass is 236 g/mol. The quantitative estimate of drug-likeness (QED) is 0.700. The van der Waals surface area contributed by atoms with Crippen molar-refractivity contribution in [3.05, 3.63) is 35.9 Å². The zero-order chi connectivity index (χ0) is 12.6. The Labute approximate surface area is 105 Å². The standard InChI is InChI=1S/C15H24O2/c1-3-4-5-9-12-17-15(2,13-16)14-10-7-6-8-11-14/h6-8,10-11,16H,3-5,9,12-13H2,1-2H3. The summed E-state index contributed by atoms with van der Waals surface area (Å²) in [5.41, 5.74) is 0.478. The first-order chi connectivity index (χ1) is 8.23. The van der Waals surface area contributed by atoms with Crippen LogP contribution in [0.4, 0.5) is 0 Å². The fourth-order valence-corrected chi connectivity index (χ4v) is 1.84. The lowest BCUT2D eigenvalue weighted by Gasteiger charge is -2.28. The third-order valence-electron chi connectivity index (χ3n) is 3.10. The van der Waals surface area contributed by atoms with Crippen LogP contribution in [-0.4, -0.2) is 18.3 Å². The first-order valence-electron chi connectivity index (χ1n) is 6.53. The van der Waals surface area contributed by atoms with E-state index < -0.39 is 5.60 Å². The molecule has 2 nitrogen and oxygen atoms in total. The van der Waals surface area contributed by atoms with E-state index in [2.05, 4.69) is 6.92 Å². The van der Waals surface area contributed by atoms with Crippen LogP contribution in [0.5, 0.6) is 0 Å². The van der Waals surface area contributed by atoms with Crippen molar-refractivity contribution in [1.82, 2.24) is 0 Å². The van der Waals surface area contributed by atoms with E-state index in [4.69, 9.17) is 4.74 Å². The van der Waals surface area contributed by atoms with Crippen molar-refractivity contribution < 1.29 is 9.84 Å². The topological polar surface area (TPSA) is 29.5 Å². The van der Waals surface area contributed by atoms with E-state index in [1.54, 1.807) is 0 Å². The summed E-state index contributed by atoms with van der Waals surface area (Å²) in [4.78, 5) is 0. The van der Waals surface area contributed by atoms with Gasteiger partial charge in [0.2, 0.25) is 0 Å². The smallest absolute Gasteiger partial charge is 0.113 e. The molecule has 1 aromatic carbocycles. The maximum atomic E-state index is 9.52. The number of rotatable bonds is 8. The lowest BCUT2D eigenvalue weighted by molar-refractivity contribution is -0.0732. The highest BCUT2D eigenvalue weighted by molar-refractivity contribution is 5.21. The van der Waals surface area contributed by atoms with E-state index in [1.807, 2.05) is 37.3 Å². The molecule has 0 aliphatic rings. The predicted molar refractivity (Wildman–Crippen MR) is 71.0 cm³/mol. The van der Waals surface area contributed by atoms with Gasteiger partial charge in [-0.05, 0) is 18.9 Å². The molecule has 0 amide bonds. The first kappa shape index (κ1) is 14.2. The lowest BCUT2D eigenvalue weighted by Crippen LogP contribution is -2.30.